The lowest BCUT2D eigenvalue weighted by atomic mass is 10.4. The molecule has 66 valence electrons. The van der Waals surface area contributed by atoms with Crippen LogP contribution in [0.3, 0.4) is 0 Å². The minimum Gasteiger partial charge on any atom is -0.260 e. The third-order valence-electron chi connectivity index (χ3n) is 1.38. The summed E-state index contributed by atoms with van der Waals surface area (Å²) in [5.41, 5.74) is 0. The van der Waals surface area contributed by atoms with Gasteiger partial charge in [-0.2, -0.15) is 0 Å². The zero-order valence-electron chi connectivity index (χ0n) is 6.90. The van der Waals surface area contributed by atoms with Crippen LogP contribution >= 0.6 is 23.4 Å². The average Bonchev–Trinajstić information content (AvgIpc) is 2.06. The zero-order chi connectivity index (χ0) is 8.81. The van der Waals surface area contributed by atoms with Gasteiger partial charge in [-0.3, -0.25) is 4.98 Å². The van der Waals surface area contributed by atoms with Crippen LogP contribution in [-0.2, 0) is 0 Å². The van der Waals surface area contributed by atoms with Gasteiger partial charge in [-0.05, 0) is 6.42 Å². The van der Waals surface area contributed by atoms with Crippen molar-refractivity contribution in [3.63, 3.8) is 0 Å². The SMILES string of the molecule is CC(CCCl)Sc1cnccn1. The lowest BCUT2D eigenvalue weighted by molar-refractivity contribution is 0.904. The molecule has 0 aliphatic rings. The molecule has 0 fully saturated rings. The summed E-state index contributed by atoms with van der Waals surface area (Å²) in [4.78, 5) is 8.14. The Balaban J connectivity index is 2.41. The van der Waals surface area contributed by atoms with E-state index in [4.69, 9.17) is 11.6 Å². The summed E-state index contributed by atoms with van der Waals surface area (Å²) in [6, 6.07) is 0. The molecule has 2 nitrogen and oxygen atoms in total. The van der Waals surface area contributed by atoms with E-state index >= 15 is 0 Å². The molecule has 0 saturated carbocycles. The van der Waals surface area contributed by atoms with Crippen molar-refractivity contribution in [3.05, 3.63) is 18.6 Å². The molecule has 0 radical (unpaired) electrons. The molecule has 1 unspecified atom stereocenters. The van der Waals surface area contributed by atoms with E-state index in [1.807, 2.05) is 0 Å². The van der Waals surface area contributed by atoms with Crippen molar-refractivity contribution in [1.82, 2.24) is 9.97 Å². The van der Waals surface area contributed by atoms with Crippen LogP contribution in [0, 0.1) is 0 Å². The van der Waals surface area contributed by atoms with E-state index < -0.39 is 0 Å². The fraction of sp³-hybridized carbons (Fsp3) is 0.500. The van der Waals surface area contributed by atoms with E-state index in [0.29, 0.717) is 11.1 Å². The van der Waals surface area contributed by atoms with E-state index in [1.165, 1.54) is 0 Å². The molecule has 1 atom stereocenters. The molecule has 0 N–H and O–H groups in total. The molecule has 0 aromatic carbocycles. The van der Waals surface area contributed by atoms with Gasteiger partial charge < -0.3 is 0 Å². The monoisotopic (exact) mass is 202 g/mol. The Bertz CT molecular complexity index is 218. The molecule has 0 bridgehead atoms. The second-order valence-corrected chi connectivity index (χ2v) is 4.29. The molecule has 1 aromatic heterocycles. The van der Waals surface area contributed by atoms with E-state index in [1.54, 1.807) is 30.4 Å². The van der Waals surface area contributed by atoms with E-state index in [9.17, 15) is 0 Å². The van der Waals surface area contributed by atoms with Crippen molar-refractivity contribution in [1.29, 1.82) is 0 Å². The maximum Gasteiger partial charge on any atom is 0.115 e. The average molecular weight is 203 g/mol. The highest BCUT2D eigenvalue weighted by atomic mass is 35.5. The molecule has 0 aliphatic heterocycles. The Labute approximate surface area is 81.8 Å². The first-order valence-electron chi connectivity index (χ1n) is 3.81. The molecule has 4 heteroatoms. The summed E-state index contributed by atoms with van der Waals surface area (Å²) >= 11 is 7.32. The summed E-state index contributed by atoms with van der Waals surface area (Å²) in [6.07, 6.45) is 6.16. The Morgan fingerprint density at radius 1 is 1.58 bits per heavy atom. The third kappa shape index (κ3) is 3.41. The Morgan fingerprint density at radius 2 is 2.42 bits per heavy atom. The number of alkyl halides is 1. The van der Waals surface area contributed by atoms with Gasteiger partial charge in [0.15, 0.2) is 0 Å². The van der Waals surface area contributed by atoms with Crippen LogP contribution in [0.15, 0.2) is 23.6 Å². The molecular weight excluding hydrogens is 192 g/mol. The normalized spacial score (nSPS) is 12.8. The first-order chi connectivity index (χ1) is 5.83. The van der Waals surface area contributed by atoms with Crippen LogP contribution in [-0.4, -0.2) is 21.1 Å². The van der Waals surface area contributed by atoms with Crippen molar-refractivity contribution >= 4 is 23.4 Å². The highest BCUT2D eigenvalue weighted by Crippen LogP contribution is 2.21. The predicted octanol–water partition coefficient (Wildman–Crippen LogP) is 2.59. The molecule has 0 saturated heterocycles. The summed E-state index contributed by atoms with van der Waals surface area (Å²) in [6.45, 7) is 2.14. The molecule has 1 rings (SSSR count). The van der Waals surface area contributed by atoms with Crippen LogP contribution < -0.4 is 0 Å². The van der Waals surface area contributed by atoms with Gasteiger partial charge >= 0.3 is 0 Å². The van der Waals surface area contributed by atoms with Gasteiger partial charge in [0, 0.05) is 23.5 Å². The number of hydrogen-bond donors (Lipinski definition) is 0. The highest BCUT2D eigenvalue weighted by molar-refractivity contribution is 7.99. The standard InChI is InChI=1S/C8H11ClN2S/c1-7(2-3-9)12-8-6-10-4-5-11-8/h4-7H,2-3H2,1H3. The van der Waals surface area contributed by atoms with Crippen molar-refractivity contribution < 1.29 is 0 Å². The first-order valence-corrected chi connectivity index (χ1v) is 5.23. The second kappa shape index (κ2) is 5.38. The van der Waals surface area contributed by atoms with Crippen molar-refractivity contribution in [2.45, 2.75) is 23.6 Å². The largest absolute Gasteiger partial charge is 0.260 e. The van der Waals surface area contributed by atoms with Crippen molar-refractivity contribution in [3.8, 4) is 0 Å². The number of halogens is 1. The van der Waals surface area contributed by atoms with Crippen LogP contribution in [0.4, 0.5) is 0 Å². The molecule has 0 amide bonds. The summed E-state index contributed by atoms with van der Waals surface area (Å²) in [5.74, 6) is 0.703. The number of nitrogens with zero attached hydrogens (tertiary/aromatic N) is 2. The fourth-order valence-corrected chi connectivity index (χ4v) is 2.11. The molecule has 0 spiro atoms. The van der Waals surface area contributed by atoms with Gasteiger partial charge in [0.2, 0.25) is 0 Å². The number of aromatic nitrogens is 2. The van der Waals surface area contributed by atoms with Gasteiger partial charge in [-0.25, -0.2) is 4.98 Å². The second-order valence-electron chi connectivity index (χ2n) is 2.45. The van der Waals surface area contributed by atoms with Gasteiger partial charge in [0.25, 0.3) is 0 Å². The van der Waals surface area contributed by atoms with Crippen LogP contribution in [0.5, 0.6) is 0 Å². The van der Waals surface area contributed by atoms with Gasteiger partial charge in [0.1, 0.15) is 5.03 Å². The lowest BCUT2D eigenvalue weighted by Gasteiger charge is -2.06. The topological polar surface area (TPSA) is 25.8 Å². The third-order valence-corrected chi connectivity index (χ3v) is 2.69. The lowest BCUT2D eigenvalue weighted by Crippen LogP contribution is -1.97. The molecule has 1 heterocycles. The predicted molar refractivity (Wildman–Crippen MR) is 52.7 cm³/mol. The van der Waals surface area contributed by atoms with E-state index in [0.717, 1.165) is 11.4 Å². The molecule has 12 heavy (non-hydrogen) atoms. The highest BCUT2D eigenvalue weighted by Gasteiger charge is 2.03. The number of hydrogen-bond acceptors (Lipinski definition) is 3. The zero-order valence-corrected chi connectivity index (χ0v) is 8.48. The van der Waals surface area contributed by atoms with E-state index in [2.05, 4.69) is 16.9 Å². The quantitative estimate of drug-likeness (QED) is 0.555. The minimum atomic E-state index is 0.513. The summed E-state index contributed by atoms with van der Waals surface area (Å²) in [5, 5.41) is 1.48. The molecular formula is C8H11ClN2S. The molecule has 1 aromatic rings. The maximum atomic E-state index is 5.61. The van der Waals surface area contributed by atoms with Crippen molar-refractivity contribution in [2.75, 3.05) is 5.88 Å². The van der Waals surface area contributed by atoms with Crippen molar-refractivity contribution in [2.24, 2.45) is 0 Å². The summed E-state index contributed by atoms with van der Waals surface area (Å²) < 4.78 is 0. The minimum absolute atomic E-state index is 0.513. The van der Waals surface area contributed by atoms with Crippen LogP contribution in [0.2, 0.25) is 0 Å². The van der Waals surface area contributed by atoms with Crippen LogP contribution in [0.1, 0.15) is 13.3 Å². The summed E-state index contributed by atoms with van der Waals surface area (Å²) in [7, 11) is 0. The van der Waals surface area contributed by atoms with Gasteiger partial charge in [-0.15, -0.1) is 23.4 Å². The van der Waals surface area contributed by atoms with Crippen LogP contribution in [0.25, 0.3) is 0 Å². The maximum absolute atomic E-state index is 5.61. The fourth-order valence-electron chi connectivity index (χ4n) is 0.765. The smallest absolute Gasteiger partial charge is 0.115 e. The molecule has 0 aliphatic carbocycles. The van der Waals surface area contributed by atoms with E-state index in [-0.39, 0.29) is 0 Å². The number of rotatable bonds is 4. The van der Waals surface area contributed by atoms with Gasteiger partial charge in [0.05, 0.1) is 6.20 Å². The number of thioether (sulfide) groups is 1. The van der Waals surface area contributed by atoms with Gasteiger partial charge in [-0.1, -0.05) is 6.92 Å². The Hall–Kier alpha value is -0.280. The Morgan fingerprint density at radius 3 is 3.00 bits per heavy atom. The first kappa shape index (κ1) is 9.81. The Kier molecular flexibility index (Phi) is 4.40.